The van der Waals surface area contributed by atoms with Gasteiger partial charge >= 0.3 is 0 Å². The summed E-state index contributed by atoms with van der Waals surface area (Å²) in [5.74, 6) is 0.668. The van der Waals surface area contributed by atoms with Gasteiger partial charge in [0.05, 0.1) is 10.4 Å². The number of nitrogens with two attached hydrogens (primary N) is 1. The Hall–Kier alpha value is -0.190. The van der Waals surface area contributed by atoms with E-state index in [1.807, 2.05) is 18.2 Å². The van der Waals surface area contributed by atoms with Crippen molar-refractivity contribution in [3.05, 3.63) is 24.4 Å². The Bertz CT molecular complexity index is 203. The van der Waals surface area contributed by atoms with Crippen molar-refractivity contribution < 1.29 is 0 Å². The van der Waals surface area contributed by atoms with Gasteiger partial charge in [0.2, 0.25) is 0 Å². The lowest BCUT2D eigenvalue weighted by molar-refractivity contribution is 1.04. The summed E-state index contributed by atoms with van der Waals surface area (Å²) < 4.78 is 0. The fraction of sp³-hybridized carbons (Fsp3) is 0.286. The van der Waals surface area contributed by atoms with Gasteiger partial charge in [-0.15, -0.1) is 0 Å². The lowest BCUT2D eigenvalue weighted by Crippen LogP contribution is -2.16. The summed E-state index contributed by atoms with van der Waals surface area (Å²) in [6.07, 6.45) is 1.76. The molecule has 0 aliphatic rings. The lowest BCUT2D eigenvalue weighted by Gasteiger charge is -2.05. The number of nitrogens with zero attached hydrogens (tertiary/aromatic N) is 1. The maximum absolute atomic E-state index is 5.65. The molecule has 1 aromatic rings. The van der Waals surface area contributed by atoms with Crippen LogP contribution < -0.4 is 5.73 Å². The van der Waals surface area contributed by atoms with Crippen LogP contribution in [0.3, 0.4) is 0 Å². The highest BCUT2D eigenvalue weighted by Crippen LogP contribution is 2.17. The molecule has 0 spiro atoms. The van der Waals surface area contributed by atoms with Crippen LogP contribution in [-0.2, 0) is 0 Å². The maximum Gasteiger partial charge on any atom is 0.0975 e. The molecule has 0 aromatic carbocycles. The molecule has 60 valence electrons. The van der Waals surface area contributed by atoms with Gasteiger partial charge in [-0.05, 0) is 12.1 Å². The molecule has 1 atom stereocenters. The maximum atomic E-state index is 5.65. The second-order valence-electron chi connectivity index (χ2n) is 2.01. The van der Waals surface area contributed by atoms with Gasteiger partial charge in [0.25, 0.3) is 0 Å². The van der Waals surface area contributed by atoms with Gasteiger partial charge in [-0.2, -0.15) is 12.6 Å². The molecule has 2 nitrogen and oxygen atoms in total. The first kappa shape index (κ1) is 8.90. The molecule has 0 aliphatic heterocycles. The number of hydrogen-bond donors (Lipinski definition) is 2. The van der Waals surface area contributed by atoms with Gasteiger partial charge in [0.1, 0.15) is 0 Å². The lowest BCUT2D eigenvalue weighted by atomic mass is 10.5. The molecule has 4 heteroatoms. The predicted molar refractivity (Wildman–Crippen MR) is 51.9 cm³/mol. The molecule has 2 N–H and O–H groups in total. The number of aromatic nitrogens is 1. The van der Waals surface area contributed by atoms with Crippen molar-refractivity contribution in [2.24, 2.45) is 5.73 Å². The van der Waals surface area contributed by atoms with E-state index in [-0.39, 0.29) is 5.37 Å². The monoisotopic (exact) mass is 186 g/mol. The van der Waals surface area contributed by atoms with Crippen molar-refractivity contribution in [3.8, 4) is 0 Å². The summed E-state index contributed by atoms with van der Waals surface area (Å²) in [7, 11) is 0. The van der Waals surface area contributed by atoms with Gasteiger partial charge in [0.15, 0.2) is 0 Å². The second kappa shape index (κ2) is 4.64. The van der Waals surface area contributed by atoms with Gasteiger partial charge in [-0.3, -0.25) is 0 Å². The van der Waals surface area contributed by atoms with Gasteiger partial charge < -0.3 is 5.73 Å². The van der Waals surface area contributed by atoms with Crippen LogP contribution >= 0.6 is 24.4 Å². The Morgan fingerprint density at radius 1 is 1.64 bits per heavy atom. The number of hydrogen-bond acceptors (Lipinski definition) is 4. The third kappa shape index (κ3) is 3.14. The standard InChI is InChI=1S/C7H10N2S2/c8-6(5-10)11-7-3-1-2-4-9-7/h1-4,6,10H,5,8H2. The minimum absolute atomic E-state index is 0.0354. The average molecular weight is 186 g/mol. The summed E-state index contributed by atoms with van der Waals surface area (Å²) in [5.41, 5.74) is 5.65. The first-order valence-corrected chi connectivity index (χ1v) is 4.78. The Morgan fingerprint density at radius 3 is 3.00 bits per heavy atom. The summed E-state index contributed by atoms with van der Waals surface area (Å²) in [5, 5.41) is 0.988. The number of pyridine rings is 1. The van der Waals surface area contributed by atoms with Crippen molar-refractivity contribution in [2.75, 3.05) is 5.75 Å². The zero-order valence-electron chi connectivity index (χ0n) is 5.97. The molecular formula is C7H10N2S2. The van der Waals surface area contributed by atoms with E-state index in [4.69, 9.17) is 5.73 Å². The Balaban J connectivity index is 2.51. The van der Waals surface area contributed by atoms with Crippen molar-refractivity contribution in [3.63, 3.8) is 0 Å². The van der Waals surface area contributed by atoms with E-state index >= 15 is 0 Å². The Morgan fingerprint density at radius 2 is 2.45 bits per heavy atom. The molecule has 1 unspecified atom stereocenters. The van der Waals surface area contributed by atoms with Crippen LogP contribution in [0, 0.1) is 0 Å². The quantitative estimate of drug-likeness (QED) is 0.425. The van der Waals surface area contributed by atoms with E-state index < -0.39 is 0 Å². The third-order valence-electron chi connectivity index (χ3n) is 1.09. The van der Waals surface area contributed by atoms with Crippen LogP contribution in [0.4, 0.5) is 0 Å². The largest absolute Gasteiger partial charge is 0.318 e. The van der Waals surface area contributed by atoms with Crippen LogP contribution in [0.25, 0.3) is 0 Å². The van der Waals surface area contributed by atoms with Crippen LogP contribution in [0.15, 0.2) is 29.4 Å². The molecule has 0 saturated carbocycles. The predicted octanol–water partition coefficient (Wildman–Crippen LogP) is 1.39. The van der Waals surface area contributed by atoms with Crippen molar-refractivity contribution >= 4 is 24.4 Å². The molecule has 1 rings (SSSR count). The molecule has 0 saturated heterocycles. The Kier molecular flexibility index (Phi) is 3.76. The zero-order chi connectivity index (χ0) is 8.10. The van der Waals surface area contributed by atoms with Gasteiger partial charge in [0, 0.05) is 11.9 Å². The van der Waals surface area contributed by atoms with Crippen molar-refractivity contribution in [1.29, 1.82) is 0 Å². The summed E-state index contributed by atoms with van der Waals surface area (Å²) in [4.78, 5) is 4.12. The molecule has 1 heterocycles. The smallest absolute Gasteiger partial charge is 0.0975 e. The number of thiol groups is 1. The fourth-order valence-corrected chi connectivity index (χ4v) is 1.50. The molecule has 11 heavy (non-hydrogen) atoms. The topological polar surface area (TPSA) is 38.9 Å². The van der Waals surface area contributed by atoms with E-state index in [1.165, 1.54) is 11.8 Å². The minimum atomic E-state index is 0.0354. The average Bonchev–Trinajstić information content (AvgIpc) is 2.06. The molecule has 0 amide bonds. The van der Waals surface area contributed by atoms with Gasteiger partial charge in [-0.1, -0.05) is 17.8 Å². The second-order valence-corrected chi connectivity index (χ2v) is 3.63. The molecule has 0 aliphatic carbocycles. The molecule has 1 aromatic heterocycles. The van der Waals surface area contributed by atoms with E-state index in [0.29, 0.717) is 5.75 Å². The summed E-state index contributed by atoms with van der Waals surface area (Å²) >= 11 is 5.61. The van der Waals surface area contributed by atoms with Crippen molar-refractivity contribution in [2.45, 2.75) is 10.4 Å². The first-order chi connectivity index (χ1) is 5.33. The molecule has 0 fully saturated rings. The van der Waals surface area contributed by atoms with Crippen LogP contribution in [0.2, 0.25) is 0 Å². The highest BCUT2D eigenvalue weighted by molar-refractivity contribution is 8.00. The van der Waals surface area contributed by atoms with E-state index in [0.717, 1.165) is 5.03 Å². The van der Waals surface area contributed by atoms with E-state index in [9.17, 15) is 0 Å². The highest BCUT2D eigenvalue weighted by atomic mass is 32.2. The van der Waals surface area contributed by atoms with Crippen LogP contribution in [0.1, 0.15) is 0 Å². The molecular weight excluding hydrogens is 176 g/mol. The van der Waals surface area contributed by atoms with Crippen LogP contribution in [0.5, 0.6) is 0 Å². The fourth-order valence-electron chi connectivity index (χ4n) is 0.609. The van der Waals surface area contributed by atoms with E-state index in [2.05, 4.69) is 17.6 Å². The minimum Gasteiger partial charge on any atom is -0.318 e. The SMILES string of the molecule is NC(CS)Sc1ccccn1. The zero-order valence-corrected chi connectivity index (χ0v) is 7.68. The van der Waals surface area contributed by atoms with E-state index in [1.54, 1.807) is 6.20 Å². The summed E-state index contributed by atoms with van der Waals surface area (Å²) in [6, 6.07) is 5.77. The molecule has 0 radical (unpaired) electrons. The summed E-state index contributed by atoms with van der Waals surface area (Å²) in [6.45, 7) is 0. The molecule has 0 bridgehead atoms. The van der Waals surface area contributed by atoms with Crippen molar-refractivity contribution in [1.82, 2.24) is 4.98 Å². The normalized spacial score (nSPS) is 12.9. The first-order valence-electron chi connectivity index (χ1n) is 3.27. The highest BCUT2D eigenvalue weighted by Gasteiger charge is 2.01. The number of rotatable bonds is 3. The van der Waals surface area contributed by atoms with Crippen LogP contribution in [-0.4, -0.2) is 16.1 Å². The van der Waals surface area contributed by atoms with Gasteiger partial charge in [-0.25, -0.2) is 4.98 Å². The third-order valence-corrected chi connectivity index (χ3v) is 2.68. The Labute approximate surface area is 76.0 Å². The number of thioether (sulfide) groups is 1.